The molecule has 0 heterocycles. The molecule has 2 N–H and O–H groups in total. The van der Waals surface area contributed by atoms with Gasteiger partial charge in [0.05, 0.1) is 13.2 Å². The Morgan fingerprint density at radius 3 is 2.63 bits per heavy atom. The molecule has 1 aliphatic rings. The SMILES string of the molecule is COc1ccc2c(c1)[C](N)[C@@H](c1ccccc1)CC2. The number of methoxy groups -OCH3 is 1. The van der Waals surface area contributed by atoms with Gasteiger partial charge in [-0.2, -0.15) is 0 Å². The molecule has 2 nitrogen and oxygen atoms in total. The maximum atomic E-state index is 6.41. The molecule has 97 valence electrons. The van der Waals surface area contributed by atoms with Crippen LogP contribution in [0.3, 0.4) is 0 Å². The molecule has 0 spiro atoms. The van der Waals surface area contributed by atoms with Crippen molar-refractivity contribution >= 4 is 0 Å². The second kappa shape index (κ2) is 5.06. The minimum Gasteiger partial charge on any atom is -0.497 e. The average Bonchev–Trinajstić information content (AvgIpc) is 2.48. The van der Waals surface area contributed by atoms with Gasteiger partial charge in [-0.05, 0) is 41.7 Å². The first-order chi connectivity index (χ1) is 9.29. The first kappa shape index (κ1) is 12.2. The van der Waals surface area contributed by atoms with Crippen molar-refractivity contribution in [3.05, 3.63) is 71.3 Å². The number of ether oxygens (including phenoxy) is 1. The maximum Gasteiger partial charge on any atom is 0.119 e. The average molecular weight is 252 g/mol. The molecule has 1 atom stereocenters. The third-order valence-electron chi connectivity index (χ3n) is 3.91. The van der Waals surface area contributed by atoms with Crippen molar-refractivity contribution in [2.45, 2.75) is 18.8 Å². The number of aryl methyl sites for hydroxylation is 1. The van der Waals surface area contributed by atoms with Crippen LogP contribution in [-0.4, -0.2) is 7.11 Å². The lowest BCUT2D eigenvalue weighted by atomic mass is 9.77. The summed E-state index contributed by atoms with van der Waals surface area (Å²) in [4.78, 5) is 0. The molecule has 0 amide bonds. The van der Waals surface area contributed by atoms with Gasteiger partial charge in [0.1, 0.15) is 5.75 Å². The number of hydrogen-bond acceptors (Lipinski definition) is 2. The van der Waals surface area contributed by atoms with E-state index in [9.17, 15) is 0 Å². The number of nitrogens with two attached hydrogens (primary N) is 1. The fraction of sp³-hybridized carbons (Fsp3) is 0.235. The van der Waals surface area contributed by atoms with Gasteiger partial charge in [0.2, 0.25) is 0 Å². The summed E-state index contributed by atoms with van der Waals surface area (Å²) < 4.78 is 5.30. The van der Waals surface area contributed by atoms with Crippen LogP contribution in [0.4, 0.5) is 0 Å². The summed E-state index contributed by atoms with van der Waals surface area (Å²) >= 11 is 0. The van der Waals surface area contributed by atoms with E-state index in [4.69, 9.17) is 10.5 Å². The Bertz CT molecular complexity index is 565. The molecule has 3 rings (SSSR count). The lowest BCUT2D eigenvalue weighted by molar-refractivity contribution is 0.413. The zero-order valence-electron chi connectivity index (χ0n) is 11.1. The molecule has 19 heavy (non-hydrogen) atoms. The van der Waals surface area contributed by atoms with Crippen molar-refractivity contribution < 1.29 is 4.74 Å². The largest absolute Gasteiger partial charge is 0.497 e. The molecule has 0 aromatic heterocycles. The van der Waals surface area contributed by atoms with Crippen LogP contribution < -0.4 is 10.5 Å². The van der Waals surface area contributed by atoms with Crippen molar-refractivity contribution in [2.24, 2.45) is 5.73 Å². The normalized spacial score (nSPS) is 18.9. The Morgan fingerprint density at radius 1 is 1.11 bits per heavy atom. The van der Waals surface area contributed by atoms with E-state index in [1.165, 1.54) is 11.1 Å². The quantitative estimate of drug-likeness (QED) is 0.890. The molecule has 0 unspecified atom stereocenters. The highest BCUT2D eigenvalue weighted by atomic mass is 16.5. The Kier molecular flexibility index (Phi) is 3.26. The fourth-order valence-electron chi connectivity index (χ4n) is 2.84. The first-order valence-corrected chi connectivity index (χ1v) is 6.64. The number of fused-ring (bicyclic) bond motifs is 1. The Morgan fingerprint density at radius 2 is 1.89 bits per heavy atom. The Balaban J connectivity index is 1.97. The molecule has 1 aliphatic carbocycles. The summed E-state index contributed by atoms with van der Waals surface area (Å²) in [6, 6.07) is 17.7. The van der Waals surface area contributed by atoms with Crippen LogP contribution in [0.25, 0.3) is 0 Å². The molecule has 0 fully saturated rings. The standard InChI is InChI=1S/C17H18NO/c1-19-14-9-7-13-8-10-15(17(18)16(13)11-14)12-5-3-2-4-6-12/h2-7,9,11,15H,8,10,18H2,1H3/t15-/m1/s1. The molecule has 0 saturated heterocycles. The predicted octanol–water partition coefficient (Wildman–Crippen LogP) is 3.26. The molecular weight excluding hydrogens is 234 g/mol. The molecule has 2 aromatic carbocycles. The lowest BCUT2D eigenvalue weighted by Crippen LogP contribution is -2.26. The van der Waals surface area contributed by atoms with Crippen molar-refractivity contribution in [3.8, 4) is 5.75 Å². The smallest absolute Gasteiger partial charge is 0.119 e. The van der Waals surface area contributed by atoms with Crippen molar-refractivity contribution in [2.75, 3.05) is 7.11 Å². The lowest BCUT2D eigenvalue weighted by Gasteiger charge is -2.31. The number of hydrogen-bond donors (Lipinski definition) is 1. The van der Waals surface area contributed by atoms with Crippen molar-refractivity contribution in [3.63, 3.8) is 0 Å². The molecule has 2 heteroatoms. The van der Waals surface area contributed by atoms with Crippen LogP contribution in [0, 0.1) is 6.04 Å². The molecule has 0 saturated carbocycles. The van der Waals surface area contributed by atoms with Gasteiger partial charge in [-0.15, -0.1) is 0 Å². The van der Waals surface area contributed by atoms with E-state index in [1.54, 1.807) is 7.11 Å². The Hall–Kier alpha value is -1.80. The van der Waals surface area contributed by atoms with Gasteiger partial charge in [-0.1, -0.05) is 36.4 Å². The molecule has 1 radical (unpaired) electrons. The highest BCUT2D eigenvalue weighted by Crippen LogP contribution is 2.39. The van der Waals surface area contributed by atoms with E-state index in [-0.39, 0.29) is 0 Å². The van der Waals surface area contributed by atoms with Gasteiger partial charge in [0.25, 0.3) is 0 Å². The summed E-state index contributed by atoms with van der Waals surface area (Å²) in [6.45, 7) is 0. The van der Waals surface area contributed by atoms with E-state index in [0.29, 0.717) is 5.92 Å². The highest BCUT2D eigenvalue weighted by Gasteiger charge is 2.28. The van der Waals surface area contributed by atoms with Crippen LogP contribution in [-0.2, 0) is 6.42 Å². The molecule has 2 aromatic rings. The van der Waals surface area contributed by atoms with Crippen LogP contribution in [0.15, 0.2) is 48.5 Å². The summed E-state index contributed by atoms with van der Waals surface area (Å²) in [6.07, 6.45) is 2.15. The van der Waals surface area contributed by atoms with Gasteiger partial charge in [-0.25, -0.2) is 0 Å². The van der Waals surface area contributed by atoms with Crippen LogP contribution in [0.1, 0.15) is 29.0 Å². The highest BCUT2D eigenvalue weighted by molar-refractivity contribution is 5.48. The number of rotatable bonds is 2. The third-order valence-corrected chi connectivity index (χ3v) is 3.91. The molecule has 0 bridgehead atoms. The van der Waals surface area contributed by atoms with E-state index in [1.807, 2.05) is 12.1 Å². The first-order valence-electron chi connectivity index (χ1n) is 6.64. The van der Waals surface area contributed by atoms with E-state index in [2.05, 4.69) is 36.4 Å². The van der Waals surface area contributed by atoms with E-state index >= 15 is 0 Å². The predicted molar refractivity (Wildman–Crippen MR) is 77.0 cm³/mol. The molecular formula is C17H18NO. The van der Waals surface area contributed by atoms with Crippen molar-refractivity contribution in [1.82, 2.24) is 0 Å². The van der Waals surface area contributed by atoms with Gasteiger partial charge < -0.3 is 10.5 Å². The van der Waals surface area contributed by atoms with Crippen LogP contribution >= 0.6 is 0 Å². The monoisotopic (exact) mass is 252 g/mol. The molecule has 0 aliphatic heterocycles. The van der Waals surface area contributed by atoms with E-state index < -0.39 is 0 Å². The van der Waals surface area contributed by atoms with Gasteiger partial charge in [-0.3, -0.25) is 0 Å². The zero-order chi connectivity index (χ0) is 13.2. The maximum absolute atomic E-state index is 6.41. The minimum absolute atomic E-state index is 0.320. The summed E-state index contributed by atoms with van der Waals surface area (Å²) in [5.41, 5.74) is 10.2. The zero-order valence-corrected chi connectivity index (χ0v) is 11.1. The van der Waals surface area contributed by atoms with Crippen molar-refractivity contribution in [1.29, 1.82) is 0 Å². The summed E-state index contributed by atoms with van der Waals surface area (Å²) in [5.74, 6) is 1.19. The Labute approximate surface area is 114 Å². The van der Waals surface area contributed by atoms with Gasteiger partial charge in [0, 0.05) is 5.92 Å². The third kappa shape index (κ3) is 2.24. The van der Waals surface area contributed by atoms with Gasteiger partial charge in [0.15, 0.2) is 0 Å². The van der Waals surface area contributed by atoms with Crippen LogP contribution in [0.5, 0.6) is 5.75 Å². The topological polar surface area (TPSA) is 35.2 Å². The van der Waals surface area contributed by atoms with E-state index in [0.717, 1.165) is 30.2 Å². The van der Waals surface area contributed by atoms with Crippen LogP contribution in [0.2, 0.25) is 0 Å². The summed E-state index contributed by atoms with van der Waals surface area (Å²) in [5, 5.41) is 0. The fourth-order valence-corrected chi connectivity index (χ4v) is 2.84. The second-order valence-corrected chi connectivity index (χ2v) is 4.98. The minimum atomic E-state index is 0.320. The van der Waals surface area contributed by atoms with Gasteiger partial charge >= 0.3 is 0 Å². The second-order valence-electron chi connectivity index (χ2n) is 4.98. The number of benzene rings is 2. The summed E-state index contributed by atoms with van der Waals surface area (Å²) in [7, 11) is 1.69.